The van der Waals surface area contributed by atoms with Gasteiger partial charge in [0.25, 0.3) is 0 Å². The van der Waals surface area contributed by atoms with Crippen molar-refractivity contribution in [1.29, 1.82) is 0 Å². The molecule has 4 heteroatoms. The first-order chi connectivity index (χ1) is 7.60. The molecule has 2 N–H and O–H groups in total. The lowest BCUT2D eigenvalue weighted by atomic mass is 9.97. The summed E-state index contributed by atoms with van der Waals surface area (Å²) < 4.78 is 10.5. The number of methoxy groups -OCH3 is 1. The molecule has 0 saturated carbocycles. The maximum absolute atomic E-state index is 5.79. The molecule has 0 bridgehead atoms. The van der Waals surface area contributed by atoms with Crippen molar-refractivity contribution in [3.8, 4) is 0 Å². The molecule has 0 aliphatic rings. The van der Waals surface area contributed by atoms with E-state index in [2.05, 4.69) is 25.8 Å². The Balaban J connectivity index is 3.60. The van der Waals surface area contributed by atoms with Gasteiger partial charge in [0.2, 0.25) is 0 Å². The SMILES string of the molecule is CCC(C)(CN)N(C)CCOCCCOC. The van der Waals surface area contributed by atoms with Crippen LogP contribution in [0.4, 0.5) is 0 Å². The van der Waals surface area contributed by atoms with E-state index < -0.39 is 0 Å². The molecule has 0 heterocycles. The highest BCUT2D eigenvalue weighted by molar-refractivity contribution is 4.83. The van der Waals surface area contributed by atoms with Crippen molar-refractivity contribution >= 4 is 0 Å². The van der Waals surface area contributed by atoms with Gasteiger partial charge in [-0.2, -0.15) is 0 Å². The first-order valence-electron chi connectivity index (χ1n) is 6.08. The zero-order valence-corrected chi connectivity index (χ0v) is 11.3. The molecule has 0 saturated heterocycles. The number of likely N-dealkylation sites (N-methyl/N-ethyl adjacent to an activating group) is 1. The molecule has 0 spiro atoms. The summed E-state index contributed by atoms with van der Waals surface area (Å²) in [5.41, 5.74) is 5.88. The minimum Gasteiger partial charge on any atom is -0.385 e. The van der Waals surface area contributed by atoms with Crippen molar-refractivity contribution in [1.82, 2.24) is 4.90 Å². The van der Waals surface area contributed by atoms with Gasteiger partial charge < -0.3 is 15.2 Å². The van der Waals surface area contributed by atoms with Crippen LogP contribution >= 0.6 is 0 Å². The van der Waals surface area contributed by atoms with Crippen molar-refractivity contribution in [2.75, 3.05) is 47.1 Å². The van der Waals surface area contributed by atoms with Gasteiger partial charge in [0.05, 0.1) is 6.61 Å². The lowest BCUT2D eigenvalue weighted by Crippen LogP contribution is -2.50. The van der Waals surface area contributed by atoms with Gasteiger partial charge in [-0.05, 0) is 26.8 Å². The summed E-state index contributed by atoms with van der Waals surface area (Å²) in [6.07, 6.45) is 2.02. The van der Waals surface area contributed by atoms with Crippen molar-refractivity contribution in [2.45, 2.75) is 32.2 Å². The quantitative estimate of drug-likeness (QED) is 0.573. The van der Waals surface area contributed by atoms with Crippen molar-refractivity contribution in [3.05, 3.63) is 0 Å². The van der Waals surface area contributed by atoms with Crippen molar-refractivity contribution < 1.29 is 9.47 Å². The van der Waals surface area contributed by atoms with E-state index in [4.69, 9.17) is 15.2 Å². The molecule has 0 fully saturated rings. The summed E-state index contributed by atoms with van der Waals surface area (Å²) in [7, 11) is 3.82. The van der Waals surface area contributed by atoms with E-state index in [1.165, 1.54) is 0 Å². The highest BCUT2D eigenvalue weighted by Crippen LogP contribution is 2.15. The van der Waals surface area contributed by atoms with E-state index >= 15 is 0 Å². The fourth-order valence-corrected chi connectivity index (χ4v) is 1.45. The molecule has 0 aromatic heterocycles. The van der Waals surface area contributed by atoms with Crippen LogP contribution in [0.3, 0.4) is 0 Å². The van der Waals surface area contributed by atoms with Crippen LogP contribution in [0.1, 0.15) is 26.7 Å². The highest BCUT2D eigenvalue weighted by atomic mass is 16.5. The summed E-state index contributed by atoms with van der Waals surface area (Å²) in [6, 6.07) is 0. The summed E-state index contributed by atoms with van der Waals surface area (Å²) in [4.78, 5) is 2.28. The van der Waals surface area contributed by atoms with Crippen LogP contribution in [0.2, 0.25) is 0 Å². The third kappa shape index (κ3) is 5.80. The minimum absolute atomic E-state index is 0.0931. The van der Waals surface area contributed by atoms with Gasteiger partial charge in [-0.1, -0.05) is 6.92 Å². The maximum atomic E-state index is 5.79. The lowest BCUT2D eigenvalue weighted by Gasteiger charge is -2.37. The van der Waals surface area contributed by atoms with Crippen molar-refractivity contribution in [2.24, 2.45) is 5.73 Å². The van der Waals surface area contributed by atoms with Crippen LogP contribution in [0.5, 0.6) is 0 Å². The van der Waals surface area contributed by atoms with Crippen LogP contribution < -0.4 is 5.73 Å². The van der Waals surface area contributed by atoms with Crippen LogP contribution in [0.25, 0.3) is 0 Å². The standard InChI is InChI=1S/C12H28N2O2/c1-5-12(2,11-13)14(3)7-10-16-9-6-8-15-4/h5-11,13H2,1-4H3. The summed E-state index contributed by atoms with van der Waals surface area (Å²) in [5.74, 6) is 0. The lowest BCUT2D eigenvalue weighted by molar-refractivity contribution is 0.0589. The van der Waals surface area contributed by atoms with Gasteiger partial charge in [-0.25, -0.2) is 0 Å². The Morgan fingerprint density at radius 3 is 2.44 bits per heavy atom. The monoisotopic (exact) mass is 232 g/mol. The Kier molecular flexibility index (Phi) is 8.84. The van der Waals surface area contributed by atoms with Gasteiger partial charge in [0, 0.05) is 39.0 Å². The van der Waals surface area contributed by atoms with E-state index in [1.54, 1.807) is 7.11 Å². The molecule has 0 amide bonds. The molecule has 1 atom stereocenters. The average Bonchev–Trinajstić information content (AvgIpc) is 2.32. The Hall–Kier alpha value is -0.160. The predicted octanol–water partition coefficient (Wildman–Crippen LogP) is 1.10. The smallest absolute Gasteiger partial charge is 0.0593 e. The van der Waals surface area contributed by atoms with Crippen LogP contribution in [0, 0.1) is 0 Å². The normalized spacial score (nSPS) is 15.4. The number of nitrogens with zero attached hydrogens (tertiary/aromatic N) is 1. The van der Waals surface area contributed by atoms with Gasteiger partial charge in [-0.15, -0.1) is 0 Å². The topological polar surface area (TPSA) is 47.7 Å². The Morgan fingerprint density at radius 1 is 1.25 bits per heavy atom. The van der Waals surface area contributed by atoms with E-state index in [9.17, 15) is 0 Å². The van der Waals surface area contributed by atoms with Crippen LogP contribution in [-0.2, 0) is 9.47 Å². The van der Waals surface area contributed by atoms with E-state index in [0.717, 1.165) is 39.2 Å². The first-order valence-corrected chi connectivity index (χ1v) is 6.08. The number of nitrogens with two attached hydrogens (primary N) is 1. The molecule has 0 aliphatic heterocycles. The Bertz CT molecular complexity index is 161. The molecule has 1 unspecified atom stereocenters. The summed E-state index contributed by atoms with van der Waals surface area (Å²) in [5, 5.41) is 0. The van der Waals surface area contributed by atoms with E-state index in [0.29, 0.717) is 6.54 Å². The van der Waals surface area contributed by atoms with Crippen LogP contribution in [-0.4, -0.2) is 57.5 Å². The van der Waals surface area contributed by atoms with Gasteiger partial charge in [0.15, 0.2) is 0 Å². The molecular weight excluding hydrogens is 204 g/mol. The zero-order valence-electron chi connectivity index (χ0n) is 11.3. The third-order valence-corrected chi connectivity index (χ3v) is 3.33. The zero-order chi connectivity index (χ0) is 12.4. The number of hydrogen-bond donors (Lipinski definition) is 1. The van der Waals surface area contributed by atoms with E-state index in [1.807, 2.05) is 0 Å². The molecular formula is C12H28N2O2. The van der Waals surface area contributed by atoms with Gasteiger partial charge in [-0.3, -0.25) is 4.90 Å². The van der Waals surface area contributed by atoms with Gasteiger partial charge >= 0.3 is 0 Å². The minimum atomic E-state index is 0.0931. The Morgan fingerprint density at radius 2 is 1.94 bits per heavy atom. The summed E-state index contributed by atoms with van der Waals surface area (Å²) in [6.45, 7) is 8.27. The molecule has 0 rings (SSSR count). The summed E-state index contributed by atoms with van der Waals surface area (Å²) >= 11 is 0. The second kappa shape index (κ2) is 8.93. The highest BCUT2D eigenvalue weighted by Gasteiger charge is 2.24. The molecule has 0 radical (unpaired) electrons. The van der Waals surface area contributed by atoms with Gasteiger partial charge in [0.1, 0.15) is 0 Å². The van der Waals surface area contributed by atoms with Crippen LogP contribution in [0.15, 0.2) is 0 Å². The second-order valence-electron chi connectivity index (χ2n) is 4.43. The average molecular weight is 232 g/mol. The molecule has 16 heavy (non-hydrogen) atoms. The predicted molar refractivity (Wildman–Crippen MR) is 67.7 cm³/mol. The second-order valence-corrected chi connectivity index (χ2v) is 4.43. The third-order valence-electron chi connectivity index (χ3n) is 3.33. The number of ether oxygens (including phenoxy) is 2. The number of rotatable bonds is 10. The first kappa shape index (κ1) is 15.8. The Labute approximate surface area is 100 Å². The molecule has 0 aromatic rings. The fourth-order valence-electron chi connectivity index (χ4n) is 1.45. The largest absolute Gasteiger partial charge is 0.385 e. The fraction of sp³-hybridized carbons (Fsp3) is 1.00. The number of hydrogen-bond acceptors (Lipinski definition) is 4. The molecule has 98 valence electrons. The molecule has 0 aromatic carbocycles. The maximum Gasteiger partial charge on any atom is 0.0593 e. The molecule has 4 nitrogen and oxygen atoms in total. The molecule has 0 aliphatic carbocycles. The van der Waals surface area contributed by atoms with Crippen molar-refractivity contribution in [3.63, 3.8) is 0 Å². The van der Waals surface area contributed by atoms with E-state index in [-0.39, 0.29) is 5.54 Å².